The standard InChI is InChI=1S/C34H42N4O2/c1-8-9-20-37(34(40)36-31-27(22(2)3)17-13-18-28(31)23(4)5)25(7)32-35-30-19-11-10-16-29(30)33(39)38(32)26-15-12-14-24(6)21-26/h10-19,21-23,25H,8-9,20H2,1-7H3,(H,36,40). The van der Waals surface area contributed by atoms with Crippen molar-refractivity contribution in [3.8, 4) is 5.69 Å². The molecule has 0 bridgehead atoms. The summed E-state index contributed by atoms with van der Waals surface area (Å²) in [5.74, 6) is 1.05. The zero-order chi connectivity index (χ0) is 29.0. The monoisotopic (exact) mass is 538 g/mol. The maximum atomic E-state index is 14.1. The Morgan fingerprint density at radius 3 is 2.20 bits per heavy atom. The fraction of sp³-hybridized carbons (Fsp3) is 0.382. The number of carbonyl (C=O) groups is 1. The van der Waals surface area contributed by atoms with Gasteiger partial charge in [0.15, 0.2) is 0 Å². The van der Waals surface area contributed by atoms with E-state index in [1.807, 2.05) is 67.3 Å². The van der Waals surface area contributed by atoms with Crippen LogP contribution in [0.25, 0.3) is 16.6 Å². The van der Waals surface area contributed by atoms with Crippen LogP contribution < -0.4 is 10.9 Å². The first-order chi connectivity index (χ1) is 19.1. The summed E-state index contributed by atoms with van der Waals surface area (Å²) in [5, 5.41) is 3.85. The first-order valence-corrected chi connectivity index (χ1v) is 14.4. The van der Waals surface area contributed by atoms with E-state index in [0.717, 1.165) is 40.9 Å². The van der Waals surface area contributed by atoms with Gasteiger partial charge in [-0.25, -0.2) is 9.78 Å². The van der Waals surface area contributed by atoms with Crippen molar-refractivity contribution in [3.63, 3.8) is 0 Å². The fourth-order valence-electron chi connectivity index (χ4n) is 5.26. The number of benzene rings is 3. The Hall–Kier alpha value is -3.93. The zero-order valence-corrected chi connectivity index (χ0v) is 24.9. The molecule has 0 saturated heterocycles. The Morgan fingerprint density at radius 1 is 0.925 bits per heavy atom. The van der Waals surface area contributed by atoms with Crippen molar-refractivity contribution in [1.29, 1.82) is 0 Å². The molecule has 1 unspecified atom stereocenters. The third kappa shape index (κ3) is 5.96. The van der Waals surface area contributed by atoms with Crippen molar-refractivity contribution in [1.82, 2.24) is 14.5 Å². The van der Waals surface area contributed by atoms with Gasteiger partial charge in [0.05, 0.1) is 22.6 Å². The maximum Gasteiger partial charge on any atom is 0.322 e. The van der Waals surface area contributed by atoms with Gasteiger partial charge in [0.1, 0.15) is 5.82 Å². The number of aromatic nitrogens is 2. The number of carbonyl (C=O) groups excluding carboxylic acids is 1. The van der Waals surface area contributed by atoms with Crippen LogP contribution in [0.4, 0.5) is 10.5 Å². The van der Waals surface area contributed by atoms with Crippen LogP contribution >= 0.6 is 0 Å². The van der Waals surface area contributed by atoms with Crippen molar-refractivity contribution in [2.45, 2.75) is 79.2 Å². The first kappa shape index (κ1) is 29.1. The molecule has 3 aromatic carbocycles. The molecule has 0 fully saturated rings. The van der Waals surface area contributed by atoms with E-state index in [-0.39, 0.29) is 23.4 Å². The lowest BCUT2D eigenvalue weighted by Crippen LogP contribution is -2.40. The van der Waals surface area contributed by atoms with Gasteiger partial charge < -0.3 is 10.2 Å². The van der Waals surface area contributed by atoms with Gasteiger partial charge in [0.2, 0.25) is 0 Å². The molecule has 0 saturated carbocycles. The summed E-state index contributed by atoms with van der Waals surface area (Å²) in [6, 6.07) is 20.9. The predicted octanol–water partition coefficient (Wildman–Crippen LogP) is 8.34. The molecule has 0 aliphatic heterocycles. The highest BCUT2D eigenvalue weighted by molar-refractivity contribution is 5.92. The number of nitrogens with zero attached hydrogens (tertiary/aromatic N) is 3. The number of hydrogen-bond donors (Lipinski definition) is 1. The van der Waals surface area contributed by atoms with Gasteiger partial charge in [-0.05, 0) is 73.1 Å². The molecule has 1 N–H and O–H groups in total. The lowest BCUT2D eigenvalue weighted by molar-refractivity contribution is 0.188. The number of urea groups is 1. The number of fused-ring (bicyclic) bond motifs is 1. The number of hydrogen-bond acceptors (Lipinski definition) is 3. The minimum absolute atomic E-state index is 0.138. The second kappa shape index (κ2) is 12.5. The molecule has 210 valence electrons. The van der Waals surface area contributed by atoms with Crippen LogP contribution in [0.2, 0.25) is 0 Å². The van der Waals surface area contributed by atoms with Gasteiger partial charge in [0, 0.05) is 12.2 Å². The van der Waals surface area contributed by atoms with Crippen LogP contribution in [0.1, 0.15) is 94.8 Å². The van der Waals surface area contributed by atoms with Crippen LogP contribution in [0.5, 0.6) is 0 Å². The third-order valence-electron chi connectivity index (χ3n) is 7.52. The van der Waals surface area contributed by atoms with Crippen molar-refractivity contribution in [2.24, 2.45) is 0 Å². The Bertz CT molecular complexity index is 1530. The smallest absolute Gasteiger partial charge is 0.315 e. The van der Waals surface area contributed by atoms with Crippen LogP contribution in [0, 0.1) is 6.92 Å². The number of unbranched alkanes of at least 4 members (excludes halogenated alkanes) is 1. The maximum absolute atomic E-state index is 14.1. The molecule has 1 heterocycles. The largest absolute Gasteiger partial charge is 0.322 e. The third-order valence-corrected chi connectivity index (χ3v) is 7.52. The number of nitrogens with one attached hydrogen (secondary N) is 1. The highest BCUT2D eigenvalue weighted by atomic mass is 16.2. The molecule has 4 rings (SSSR count). The molecular formula is C34H42N4O2. The van der Waals surface area contributed by atoms with Crippen LogP contribution in [0.15, 0.2) is 71.5 Å². The number of para-hydroxylation sites is 2. The summed E-state index contributed by atoms with van der Waals surface area (Å²) in [4.78, 5) is 34.9. The molecule has 2 amide bonds. The van der Waals surface area contributed by atoms with E-state index in [1.54, 1.807) is 4.57 Å². The summed E-state index contributed by atoms with van der Waals surface area (Å²) in [6.45, 7) is 15.2. The highest BCUT2D eigenvalue weighted by Crippen LogP contribution is 2.33. The highest BCUT2D eigenvalue weighted by Gasteiger charge is 2.28. The van der Waals surface area contributed by atoms with Crippen molar-refractivity contribution < 1.29 is 4.79 Å². The molecule has 0 aliphatic carbocycles. The zero-order valence-electron chi connectivity index (χ0n) is 24.9. The molecule has 1 aromatic heterocycles. The van der Waals surface area contributed by atoms with Crippen molar-refractivity contribution in [3.05, 3.63) is 99.6 Å². The summed E-state index contributed by atoms with van der Waals surface area (Å²) in [6.07, 6.45) is 1.77. The SMILES string of the molecule is CCCCN(C(=O)Nc1c(C(C)C)cccc1C(C)C)C(C)c1nc2ccccc2c(=O)n1-c1cccc(C)c1. The summed E-state index contributed by atoms with van der Waals surface area (Å²) < 4.78 is 1.67. The van der Waals surface area contributed by atoms with Gasteiger partial charge in [0.25, 0.3) is 5.56 Å². The normalized spacial score (nSPS) is 12.2. The second-order valence-corrected chi connectivity index (χ2v) is 11.2. The first-order valence-electron chi connectivity index (χ1n) is 14.4. The number of amides is 2. The molecular weight excluding hydrogens is 496 g/mol. The van der Waals surface area contributed by atoms with Crippen LogP contribution in [-0.4, -0.2) is 27.0 Å². The van der Waals surface area contributed by atoms with Gasteiger partial charge >= 0.3 is 6.03 Å². The van der Waals surface area contributed by atoms with E-state index in [1.165, 1.54) is 0 Å². The lowest BCUT2D eigenvalue weighted by atomic mass is 9.92. The lowest BCUT2D eigenvalue weighted by Gasteiger charge is -2.32. The second-order valence-electron chi connectivity index (χ2n) is 11.2. The summed E-state index contributed by atoms with van der Waals surface area (Å²) in [7, 11) is 0. The molecule has 0 radical (unpaired) electrons. The number of aryl methyl sites for hydroxylation is 1. The average Bonchev–Trinajstić information content (AvgIpc) is 2.92. The van der Waals surface area contributed by atoms with Gasteiger partial charge in [-0.15, -0.1) is 0 Å². The topological polar surface area (TPSA) is 67.2 Å². The molecule has 4 aromatic rings. The van der Waals surface area contributed by atoms with Crippen molar-refractivity contribution >= 4 is 22.6 Å². The quantitative estimate of drug-likeness (QED) is 0.233. The Morgan fingerprint density at radius 2 is 1.57 bits per heavy atom. The molecule has 40 heavy (non-hydrogen) atoms. The minimum atomic E-state index is -0.460. The summed E-state index contributed by atoms with van der Waals surface area (Å²) >= 11 is 0. The van der Waals surface area contributed by atoms with E-state index >= 15 is 0 Å². The molecule has 0 spiro atoms. The van der Waals surface area contributed by atoms with E-state index in [0.29, 0.717) is 23.3 Å². The summed E-state index contributed by atoms with van der Waals surface area (Å²) in [5.41, 5.74) is 5.39. The molecule has 1 atom stereocenters. The predicted molar refractivity (Wildman–Crippen MR) is 166 cm³/mol. The van der Waals surface area contributed by atoms with Crippen LogP contribution in [0.3, 0.4) is 0 Å². The Balaban J connectivity index is 1.85. The van der Waals surface area contributed by atoms with E-state index in [2.05, 4.69) is 58.1 Å². The van der Waals surface area contributed by atoms with E-state index < -0.39 is 6.04 Å². The van der Waals surface area contributed by atoms with E-state index in [4.69, 9.17) is 4.98 Å². The minimum Gasteiger partial charge on any atom is -0.315 e. The van der Waals surface area contributed by atoms with Crippen LogP contribution in [-0.2, 0) is 0 Å². The fourth-order valence-corrected chi connectivity index (χ4v) is 5.26. The molecule has 6 heteroatoms. The number of anilines is 1. The number of rotatable bonds is 9. The van der Waals surface area contributed by atoms with Gasteiger partial charge in [-0.3, -0.25) is 9.36 Å². The Kier molecular flexibility index (Phi) is 9.08. The van der Waals surface area contributed by atoms with Gasteiger partial charge in [-0.1, -0.05) is 83.5 Å². The Labute approximate surface area is 238 Å². The van der Waals surface area contributed by atoms with Gasteiger partial charge in [-0.2, -0.15) is 0 Å². The van der Waals surface area contributed by atoms with Crippen molar-refractivity contribution in [2.75, 3.05) is 11.9 Å². The average molecular weight is 539 g/mol. The van der Waals surface area contributed by atoms with E-state index in [9.17, 15) is 9.59 Å². The molecule has 0 aliphatic rings. The molecule has 6 nitrogen and oxygen atoms in total.